The molecule has 0 radical (unpaired) electrons. The highest BCUT2D eigenvalue weighted by Gasteiger charge is 2.30. The molecule has 0 unspecified atom stereocenters. The van der Waals surface area contributed by atoms with Crippen LogP contribution >= 0.6 is 22.7 Å². The summed E-state index contributed by atoms with van der Waals surface area (Å²) in [6.45, 7) is 0.730. The summed E-state index contributed by atoms with van der Waals surface area (Å²) in [4.78, 5) is 24.4. The molecule has 0 fully saturated rings. The number of fused-ring (bicyclic) bond motifs is 1. The van der Waals surface area contributed by atoms with Crippen molar-refractivity contribution in [2.24, 2.45) is 0 Å². The Hall–Kier alpha value is -2.69. The third kappa shape index (κ3) is 4.81. The average molecular weight is 476 g/mol. The minimum atomic E-state index is -3.67. The molecule has 2 amide bonds. The number of hydrogen-bond donors (Lipinski definition) is 2. The fourth-order valence-electron chi connectivity index (χ4n) is 3.41. The number of aryl methyl sites for hydroxylation is 1. The van der Waals surface area contributed by atoms with E-state index in [2.05, 4.69) is 10.6 Å². The van der Waals surface area contributed by atoms with Gasteiger partial charge in [-0.3, -0.25) is 13.9 Å². The van der Waals surface area contributed by atoms with Gasteiger partial charge >= 0.3 is 11.8 Å². The maximum Gasteiger partial charge on any atom is 0.313 e. The van der Waals surface area contributed by atoms with E-state index in [9.17, 15) is 18.0 Å². The van der Waals surface area contributed by atoms with Crippen molar-refractivity contribution >= 4 is 55.9 Å². The van der Waals surface area contributed by atoms with E-state index in [4.69, 9.17) is 0 Å². The predicted octanol–water partition coefficient (Wildman–Crippen LogP) is 3.25. The lowest BCUT2D eigenvalue weighted by molar-refractivity contribution is -0.136. The summed E-state index contributed by atoms with van der Waals surface area (Å²) >= 11 is 2.75. The standard InChI is InChI=1S/C21H21N3O4S3/c25-20(22-9-7-15-8-12-29-14-15)21(26)23-17-6-5-16-3-1-10-24(18(16)13-17)31(27,28)19-4-2-11-30-19/h2,4-6,8,11-14H,1,3,7,9-10H2,(H,22,25)(H,23,26). The minimum Gasteiger partial charge on any atom is -0.347 e. The zero-order chi connectivity index (χ0) is 21.8. The van der Waals surface area contributed by atoms with Gasteiger partial charge in [0, 0.05) is 18.8 Å². The molecule has 3 heterocycles. The van der Waals surface area contributed by atoms with E-state index in [0.717, 1.165) is 24.0 Å². The molecule has 0 saturated heterocycles. The summed E-state index contributed by atoms with van der Waals surface area (Å²) < 4.78 is 27.8. The van der Waals surface area contributed by atoms with Crippen molar-refractivity contribution in [3.63, 3.8) is 0 Å². The van der Waals surface area contributed by atoms with Crippen molar-refractivity contribution in [3.05, 3.63) is 63.7 Å². The summed E-state index contributed by atoms with van der Waals surface area (Å²) in [6, 6.07) is 10.4. The number of amides is 2. The second-order valence-electron chi connectivity index (χ2n) is 7.05. The maximum absolute atomic E-state index is 13.1. The number of rotatable bonds is 6. The second-order valence-corrected chi connectivity index (χ2v) is 10.9. The van der Waals surface area contributed by atoms with Crippen LogP contribution in [0.2, 0.25) is 0 Å². The summed E-state index contributed by atoms with van der Waals surface area (Å²) in [5.74, 6) is -1.51. The fraction of sp³-hybridized carbons (Fsp3) is 0.238. The van der Waals surface area contributed by atoms with Gasteiger partial charge < -0.3 is 10.6 Å². The SMILES string of the molecule is O=C(NCCc1ccsc1)C(=O)Nc1ccc2c(c1)N(S(=O)(=O)c1cccs1)CCC2. The molecule has 31 heavy (non-hydrogen) atoms. The number of benzene rings is 1. The Kier molecular flexibility index (Phi) is 6.40. The van der Waals surface area contributed by atoms with Crippen LogP contribution in [0.15, 0.2) is 56.7 Å². The maximum atomic E-state index is 13.1. The molecule has 2 N–H and O–H groups in total. The van der Waals surface area contributed by atoms with E-state index in [-0.39, 0.29) is 4.21 Å². The van der Waals surface area contributed by atoms with E-state index in [1.807, 2.05) is 16.8 Å². The molecule has 1 aromatic carbocycles. The molecule has 0 atom stereocenters. The summed E-state index contributed by atoms with van der Waals surface area (Å²) in [5.41, 5.74) is 2.91. The molecule has 162 valence electrons. The van der Waals surface area contributed by atoms with Gasteiger partial charge in [-0.05, 0) is 70.8 Å². The van der Waals surface area contributed by atoms with Gasteiger partial charge in [-0.25, -0.2) is 8.42 Å². The molecule has 0 bridgehead atoms. The van der Waals surface area contributed by atoms with Crippen LogP contribution in [0.5, 0.6) is 0 Å². The van der Waals surface area contributed by atoms with Crippen LogP contribution in [0.4, 0.5) is 11.4 Å². The highest BCUT2D eigenvalue weighted by atomic mass is 32.2. The number of nitrogens with one attached hydrogen (secondary N) is 2. The van der Waals surface area contributed by atoms with Crippen LogP contribution in [0.3, 0.4) is 0 Å². The van der Waals surface area contributed by atoms with Crippen LogP contribution < -0.4 is 14.9 Å². The van der Waals surface area contributed by atoms with Crippen LogP contribution in [0.1, 0.15) is 17.5 Å². The number of carbonyl (C=O) groups excluding carboxylic acids is 2. The largest absolute Gasteiger partial charge is 0.347 e. The summed E-state index contributed by atoms with van der Waals surface area (Å²) in [5, 5.41) is 10.9. The lowest BCUT2D eigenvalue weighted by Gasteiger charge is -2.30. The molecule has 2 aromatic heterocycles. The highest BCUT2D eigenvalue weighted by molar-refractivity contribution is 7.94. The molecular formula is C21H21N3O4S3. The second kappa shape index (κ2) is 9.21. The first-order valence-corrected chi connectivity index (χ1v) is 13.0. The predicted molar refractivity (Wildman–Crippen MR) is 123 cm³/mol. The first-order valence-electron chi connectivity index (χ1n) is 9.74. The lowest BCUT2D eigenvalue weighted by atomic mass is 10.0. The average Bonchev–Trinajstić information content (AvgIpc) is 3.47. The van der Waals surface area contributed by atoms with Crippen molar-refractivity contribution in [1.29, 1.82) is 0 Å². The molecule has 0 aliphatic carbocycles. The van der Waals surface area contributed by atoms with Gasteiger partial charge in [-0.1, -0.05) is 12.1 Å². The highest BCUT2D eigenvalue weighted by Crippen LogP contribution is 2.35. The topological polar surface area (TPSA) is 95.6 Å². The van der Waals surface area contributed by atoms with Crippen molar-refractivity contribution in [2.75, 3.05) is 22.7 Å². The van der Waals surface area contributed by atoms with Gasteiger partial charge in [0.05, 0.1) is 5.69 Å². The molecular weight excluding hydrogens is 454 g/mol. The minimum absolute atomic E-state index is 0.278. The Labute approximate surface area is 188 Å². The first kappa shape index (κ1) is 21.5. The van der Waals surface area contributed by atoms with Gasteiger partial charge in [-0.2, -0.15) is 11.3 Å². The molecule has 0 spiro atoms. The number of nitrogens with zero attached hydrogens (tertiary/aromatic N) is 1. The Morgan fingerprint density at radius 3 is 2.71 bits per heavy atom. The number of anilines is 2. The Morgan fingerprint density at radius 2 is 1.97 bits per heavy atom. The van der Waals surface area contributed by atoms with Gasteiger partial charge in [0.15, 0.2) is 0 Å². The van der Waals surface area contributed by atoms with Crippen LogP contribution in [-0.2, 0) is 32.5 Å². The van der Waals surface area contributed by atoms with Crippen molar-refractivity contribution in [3.8, 4) is 0 Å². The van der Waals surface area contributed by atoms with Crippen molar-refractivity contribution < 1.29 is 18.0 Å². The van der Waals surface area contributed by atoms with Crippen molar-refractivity contribution in [1.82, 2.24) is 5.32 Å². The third-order valence-corrected chi connectivity index (χ3v) is 8.86. The smallest absolute Gasteiger partial charge is 0.313 e. The fourth-order valence-corrected chi connectivity index (χ4v) is 6.75. The van der Waals surface area contributed by atoms with Gasteiger partial charge in [0.25, 0.3) is 10.0 Å². The number of sulfonamides is 1. The normalized spacial score (nSPS) is 13.5. The van der Waals surface area contributed by atoms with E-state index >= 15 is 0 Å². The Balaban J connectivity index is 1.45. The quantitative estimate of drug-likeness (QED) is 0.535. The zero-order valence-electron chi connectivity index (χ0n) is 16.5. The first-order chi connectivity index (χ1) is 14.9. The summed E-state index contributed by atoms with van der Waals surface area (Å²) in [6.07, 6.45) is 2.12. The summed E-state index contributed by atoms with van der Waals surface area (Å²) in [7, 11) is -3.67. The molecule has 3 aromatic rings. The van der Waals surface area contributed by atoms with Gasteiger partial charge in [0.2, 0.25) is 0 Å². The molecule has 1 aliphatic heterocycles. The number of thiophene rings is 2. The molecule has 10 heteroatoms. The molecule has 1 aliphatic rings. The number of carbonyl (C=O) groups is 2. The van der Waals surface area contributed by atoms with Gasteiger partial charge in [-0.15, -0.1) is 11.3 Å². The monoisotopic (exact) mass is 475 g/mol. The van der Waals surface area contributed by atoms with E-state index in [1.54, 1.807) is 47.0 Å². The lowest BCUT2D eigenvalue weighted by Crippen LogP contribution is -2.37. The zero-order valence-corrected chi connectivity index (χ0v) is 19.0. The van der Waals surface area contributed by atoms with Gasteiger partial charge in [0.1, 0.15) is 4.21 Å². The molecule has 0 saturated carbocycles. The van der Waals surface area contributed by atoms with Crippen molar-refractivity contribution in [2.45, 2.75) is 23.5 Å². The Morgan fingerprint density at radius 1 is 1.10 bits per heavy atom. The van der Waals surface area contributed by atoms with Crippen LogP contribution in [-0.4, -0.2) is 33.3 Å². The van der Waals surface area contributed by atoms with Crippen LogP contribution in [0.25, 0.3) is 0 Å². The van der Waals surface area contributed by atoms with E-state index in [1.165, 1.54) is 15.6 Å². The van der Waals surface area contributed by atoms with E-state index < -0.39 is 21.8 Å². The molecule has 4 rings (SSSR count). The Bertz CT molecular complexity index is 1170. The van der Waals surface area contributed by atoms with E-state index in [0.29, 0.717) is 30.9 Å². The van der Waals surface area contributed by atoms with Crippen LogP contribution in [0, 0.1) is 0 Å². The third-order valence-electron chi connectivity index (χ3n) is 4.94. The number of hydrogen-bond acceptors (Lipinski definition) is 6. The molecule has 7 nitrogen and oxygen atoms in total.